The third kappa shape index (κ3) is 18.1. The number of aromatic nitrogens is 1. The maximum absolute atomic E-state index is 2.89. The Labute approximate surface area is 102 Å². The van der Waals surface area contributed by atoms with Crippen molar-refractivity contribution in [1.29, 1.82) is 0 Å². The van der Waals surface area contributed by atoms with Crippen LogP contribution in [0.4, 0.5) is 0 Å². The van der Waals surface area contributed by atoms with Gasteiger partial charge in [0.25, 0.3) is 0 Å². The second kappa shape index (κ2) is 22.4. The fourth-order valence-corrected chi connectivity index (χ4v) is 0.342. The molecule has 65 valence electrons. The maximum Gasteiger partial charge on any atom is 3.00 e. The molecule has 1 rings (SSSR count). The summed E-state index contributed by atoms with van der Waals surface area (Å²) in [6.07, 6.45) is 3.75. The normalized spacial score (nSPS) is 4.36. The Morgan fingerprint density at radius 3 is 1.09 bits per heavy atom. The molecule has 0 aliphatic carbocycles. The third-order valence-corrected chi connectivity index (χ3v) is 0.607. The van der Waals surface area contributed by atoms with Gasteiger partial charge in [-0.05, 0) is 0 Å². The Morgan fingerprint density at radius 2 is 1.00 bits per heavy atom. The van der Waals surface area contributed by atoms with Crippen LogP contribution < -0.4 is 54.6 Å². The minimum Gasteiger partial charge on any atom is -1.00 e. The van der Waals surface area contributed by atoms with Crippen LogP contribution in [0.5, 0.6) is 0 Å². The summed E-state index contributed by atoms with van der Waals surface area (Å²) >= 11 is 0. The topological polar surface area (TPSA) is 14.1 Å². The Bertz CT molecular complexity index is 90.4. The van der Waals surface area contributed by atoms with Crippen LogP contribution in [0.3, 0.4) is 0 Å². The molecular weight excluding hydrogens is 268 g/mol. The van der Waals surface area contributed by atoms with E-state index in [0.717, 1.165) is 0 Å². The van der Waals surface area contributed by atoms with E-state index in [2.05, 4.69) is 4.98 Å². The number of hydrogen-bond acceptors (Lipinski definition) is 0. The standard InChI is InChI=1S/C5H5N.4ClH.Cr/c1-2-4-6-5-3-1;;;;;/h1-5H;4*1H;/q;;;;;+3/p-3. The first-order valence-corrected chi connectivity index (χ1v) is 1.91. The van der Waals surface area contributed by atoms with Crippen molar-refractivity contribution in [2.45, 2.75) is 0 Å². The molecule has 1 radical (unpaired) electrons. The van der Waals surface area contributed by atoms with E-state index in [-0.39, 0.29) is 67.0 Å². The quantitative estimate of drug-likeness (QED) is 0.446. The molecule has 0 aromatic carbocycles. The Morgan fingerprint density at radius 1 is 0.636 bits per heavy atom. The number of aromatic amines is 1. The summed E-state index contributed by atoms with van der Waals surface area (Å²) in [5.41, 5.74) is 0. The van der Waals surface area contributed by atoms with Crippen LogP contribution in [0, 0.1) is 0 Å². The smallest absolute Gasteiger partial charge is 1.00 e. The number of rotatable bonds is 0. The molecule has 0 fully saturated rings. The summed E-state index contributed by atoms with van der Waals surface area (Å²) in [6.45, 7) is 0. The van der Waals surface area contributed by atoms with E-state index in [1.807, 2.05) is 30.6 Å². The van der Waals surface area contributed by atoms with Crippen LogP contribution >= 0.6 is 0 Å². The SMILES string of the molecule is [Cl-].[Cl-].[Cl-].[Cl-].[Cr+3].c1cc[nH+]cc1. The van der Waals surface area contributed by atoms with Gasteiger partial charge in [0, 0.05) is 12.1 Å². The molecule has 0 bridgehead atoms. The fourth-order valence-electron chi connectivity index (χ4n) is 0.342. The molecule has 1 N–H and O–H groups in total. The summed E-state index contributed by atoms with van der Waals surface area (Å²) in [6, 6.07) is 5.86. The Balaban J connectivity index is -0.0000000240. The first-order valence-electron chi connectivity index (χ1n) is 1.91. The molecule has 0 unspecified atom stereocenters. The van der Waals surface area contributed by atoms with Crippen molar-refractivity contribution in [3.63, 3.8) is 0 Å². The molecule has 1 nitrogen and oxygen atoms in total. The summed E-state index contributed by atoms with van der Waals surface area (Å²) in [5, 5.41) is 0. The van der Waals surface area contributed by atoms with Crippen molar-refractivity contribution in [3.05, 3.63) is 30.6 Å². The van der Waals surface area contributed by atoms with Crippen molar-refractivity contribution in [1.82, 2.24) is 0 Å². The molecular formula is C5H6Cl4CrN. The number of nitrogens with one attached hydrogen (secondary N) is 1. The van der Waals surface area contributed by atoms with Gasteiger partial charge in [0.05, 0.1) is 0 Å². The predicted octanol–water partition coefficient (Wildman–Crippen LogP) is -11.5. The van der Waals surface area contributed by atoms with Crippen LogP contribution in [0.15, 0.2) is 30.6 Å². The van der Waals surface area contributed by atoms with Crippen molar-refractivity contribution in [2.24, 2.45) is 0 Å². The maximum atomic E-state index is 2.89. The molecule has 0 saturated heterocycles. The van der Waals surface area contributed by atoms with Gasteiger partial charge in [0.15, 0.2) is 12.4 Å². The zero-order valence-corrected chi connectivity index (χ0v) is 9.61. The van der Waals surface area contributed by atoms with Crippen LogP contribution in [0.25, 0.3) is 0 Å². The van der Waals surface area contributed by atoms with E-state index in [1.165, 1.54) is 0 Å². The van der Waals surface area contributed by atoms with E-state index in [0.29, 0.717) is 0 Å². The van der Waals surface area contributed by atoms with Gasteiger partial charge in [0.2, 0.25) is 0 Å². The van der Waals surface area contributed by atoms with E-state index in [1.54, 1.807) is 0 Å². The van der Waals surface area contributed by atoms with Gasteiger partial charge in [-0.2, -0.15) is 0 Å². The average Bonchev–Trinajstić information content (AvgIpc) is 1.72. The van der Waals surface area contributed by atoms with Gasteiger partial charge in [-0.3, -0.25) is 0 Å². The largest absolute Gasteiger partial charge is 3.00 e. The number of pyridine rings is 1. The van der Waals surface area contributed by atoms with Crippen LogP contribution in [-0.4, -0.2) is 0 Å². The van der Waals surface area contributed by atoms with Gasteiger partial charge >= 0.3 is 17.4 Å². The van der Waals surface area contributed by atoms with E-state index in [4.69, 9.17) is 0 Å². The molecule has 0 aliphatic heterocycles. The van der Waals surface area contributed by atoms with Crippen molar-refractivity contribution < 1.29 is 72.0 Å². The first kappa shape index (κ1) is 29.7. The molecule has 0 spiro atoms. The molecule has 0 amide bonds. The van der Waals surface area contributed by atoms with Crippen molar-refractivity contribution in [2.75, 3.05) is 0 Å². The van der Waals surface area contributed by atoms with Crippen LogP contribution in [0.2, 0.25) is 0 Å². The molecule has 0 atom stereocenters. The van der Waals surface area contributed by atoms with Gasteiger partial charge < -0.3 is 49.6 Å². The summed E-state index contributed by atoms with van der Waals surface area (Å²) < 4.78 is 0. The number of halogens is 4. The third-order valence-electron chi connectivity index (χ3n) is 0.607. The number of H-pyrrole nitrogens is 1. The minimum atomic E-state index is 0. The molecule has 1 heterocycles. The molecule has 1 aromatic heterocycles. The molecule has 6 heteroatoms. The predicted molar refractivity (Wildman–Crippen MR) is 23.0 cm³/mol. The molecule has 11 heavy (non-hydrogen) atoms. The van der Waals surface area contributed by atoms with Gasteiger partial charge in [0.1, 0.15) is 0 Å². The summed E-state index contributed by atoms with van der Waals surface area (Å²) in [5.74, 6) is 0. The average molecular weight is 274 g/mol. The fraction of sp³-hybridized carbons (Fsp3) is 0. The second-order valence-electron chi connectivity index (χ2n) is 1.08. The summed E-state index contributed by atoms with van der Waals surface area (Å²) in [4.78, 5) is 2.89. The van der Waals surface area contributed by atoms with Gasteiger partial charge in [-0.1, -0.05) is 6.07 Å². The second-order valence-corrected chi connectivity index (χ2v) is 1.08. The van der Waals surface area contributed by atoms with E-state index in [9.17, 15) is 0 Å². The monoisotopic (exact) mass is 272 g/mol. The summed E-state index contributed by atoms with van der Waals surface area (Å²) in [7, 11) is 0. The molecule has 0 aliphatic rings. The van der Waals surface area contributed by atoms with Crippen molar-refractivity contribution >= 4 is 0 Å². The van der Waals surface area contributed by atoms with Crippen LogP contribution in [0.1, 0.15) is 0 Å². The molecule has 0 saturated carbocycles. The van der Waals surface area contributed by atoms with E-state index >= 15 is 0 Å². The van der Waals surface area contributed by atoms with Gasteiger partial charge in [-0.25, -0.2) is 4.98 Å². The Hall–Kier alpha value is 0.842. The van der Waals surface area contributed by atoms with E-state index < -0.39 is 0 Å². The van der Waals surface area contributed by atoms with Gasteiger partial charge in [-0.15, -0.1) is 0 Å². The molecule has 1 aromatic rings. The zero-order chi connectivity index (χ0) is 4.24. The Kier molecular flexibility index (Phi) is 60.6. The zero-order valence-electron chi connectivity index (χ0n) is 5.31. The van der Waals surface area contributed by atoms with Crippen molar-refractivity contribution in [3.8, 4) is 0 Å². The van der Waals surface area contributed by atoms with Crippen LogP contribution in [-0.2, 0) is 17.4 Å². The first-order chi connectivity index (χ1) is 3.00. The minimum absolute atomic E-state index is 0. The number of hydrogen-bond donors (Lipinski definition) is 0.